The molecule has 1 saturated heterocycles. The molecule has 3 rings (SSSR count). The largest absolute Gasteiger partial charge is 0.462 e. The number of rotatable bonds is 7. The molecule has 0 amide bonds. The number of thiocarbonyl (C=S) groups is 1. The molecule has 30 heavy (non-hydrogen) atoms. The van der Waals surface area contributed by atoms with Crippen LogP contribution in [0.5, 0.6) is 0 Å². The second-order valence-corrected chi connectivity index (χ2v) is 9.17. The van der Waals surface area contributed by atoms with E-state index in [0.29, 0.717) is 23.3 Å². The minimum absolute atomic E-state index is 0.320. The second-order valence-electron chi connectivity index (χ2n) is 7.54. The molecule has 2 aromatic rings. The maximum atomic E-state index is 12.8. The van der Waals surface area contributed by atoms with Crippen molar-refractivity contribution in [2.75, 3.05) is 31.6 Å². The maximum Gasteiger partial charge on any atom is 0.341 e. The highest BCUT2D eigenvalue weighted by molar-refractivity contribution is 7.80. The Bertz CT molecular complexity index is 859. The van der Waals surface area contributed by atoms with Gasteiger partial charge in [0.2, 0.25) is 0 Å². The van der Waals surface area contributed by atoms with Crippen molar-refractivity contribution < 1.29 is 9.53 Å². The van der Waals surface area contributed by atoms with E-state index in [1.54, 1.807) is 0 Å². The average Bonchev–Trinajstić information content (AvgIpc) is 3.06. The van der Waals surface area contributed by atoms with Gasteiger partial charge in [-0.2, -0.15) is 0 Å². The van der Waals surface area contributed by atoms with Gasteiger partial charge in [-0.1, -0.05) is 37.3 Å². The number of likely N-dealkylation sites (tertiary alicyclic amines) is 1. The van der Waals surface area contributed by atoms with E-state index in [-0.39, 0.29) is 5.97 Å². The first-order valence-electron chi connectivity index (χ1n) is 10.7. The van der Waals surface area contributed by atoms with Crippen LogP contribution >= 0.6 is 23.6 Å². The van der Waals surface area contributed by atoms with Gasteiger partial charge in [0.1, 0.15) is 10.6 Å². The van der Waals surface area contributed by atoms with E-state index in [1.165, 1.54) is 17.8 Å². The summed E-state index contributed by atoms with van der Waals surface area (Å²) in [6.45, 7) is 9.76. The van der Waals surface area contributed by atoms with Crippen molar-refractivity contribution in [3.8, 4) is 11.1 Å². The third-order valence-electron chi connectivity index (χ3n) is 5.32. The Morgan fingerprint density at radius 2 is 1.93 bits per heavy atom. The number of benzene rings is 1. The zero-order valence-electron chi connectivity index (χ0n) is 18.0. The molecular weight excluding hydrogens is 414 g/mol. The Balaban J connectivity index is 1.75. The van der Waals surface area contributed by atoms with Crippen LogP contribution in [-0.2, 0) is 4.74 Å². The summed E-state index contributed by atoms with van der Waals surface area (Å²) in [7, 11) is 0. The number of anilines is 1. The number of piperidine rings is 1. The number of thiophene rings is 1. The molecule has 0 bridgehead atoms. The van der Waals surface area contributed by atoms with E-state index in [2.05, 4.69) is 22.5 Å². The fourth-order valence-corrected chi connectivity index (χ4v) is 5.33. The van der Waals surface area contributed by atoms with Crippen LogP contribution in [-0.4, -0.2) is 48.3 Å². The topological polar surface area (TPSA) is 53.6 Å². The third kappa shape index (κ3) is 5.59. The molecule has 0 atom stereocenters. The molecule has 1 aliphatic heterocycles. The van der Waals surface area contributed by atoms with Crippen molar-refractivity contribution in [3.05, 3.63) is 40.8 Å². The number of aryl methyl sites for hydroxylation is 1. The molecular formula is C23H31N3O2S2. The van der Waals surface area contributed by atoms with E-state index in [1.807, 2.05) is 44.2 Å². The van der Waals surface area contributed by atoms with Crippen molar-refractivity contribution in [1.82, 2.24) is 10.2 Å². The van der Waals surface area contributed by atoms with Crippen LogP contribution in [0.25, 0.3) is 11.1 Å². The lowest BCUT2D eigenvalue weighted by Gasteiger charge is -2.32. The average molecular weight is 446 g/mol. The lowest BCUT2D eigenvalue weighted by Crippen LogP contribution is -2.46. The quantitative estimate of drug-likeness (QED) is 0.459. The summed E-state index contributed by atoms with van der Waals surface area (Å²) in [5, 5.41) is 8.04. The number of ether oxygens (including phenoxy) is 1. The van der Waals surface area contributed by atoms with E-state index < -0.39 is 0 Å². The predicted molar refractivity (Wildman–Crippen MR) is 130 cm³/mol. The minimum Gasteiger partial charge on any atom is -0.462 e. The van der Waals surface area contributed by atoms with Gasteiger partial charge in [-0.05, 0) is 57.4 Å². The van der Waals surface area contributed by atoms with Gasteiger partial charge in [-0.15, -0.1) is 11.3 Å². The zero-order valence-corrected chi connectivity index (χ0v) is 19.6. The number of nitrogens with one attached hydrogen (secondary N) is 2. The monoisotopic (exact) mass is 445 g/mol. The lowest BCUT2D eigenvalue weighted by molar-refractivity contribution is 0.0529. The smallest absolute Gasteiger partial charge is 0.341 e. The summed E-state index contributed by atoms with van der Waals surface area (Å²) in [6.07, 6.45) is 3.34. The molecule has 1 aliphatic rings. The fraction of sp³-hybridized carbons (Fsp3) is 0.478. The maximum absolute atomic E-state index is 12.8. The van der Waals surface area contributed by atoms with Crippen molar-refractivity contribution in [2.45, 2.75) is 46.1 Å². The first-order valence-corrected chi connectivity index (χ1v) is 11.9. The van der Waals surface area contributed by atoms with Crippen LogP contribution in [0.2, 0.25) is 0 Å². The second kappa shape index (κ2) is 10.9. The minimum atomic E-state index is -0.320. The Morgan fingerprint density at radius 1 is 1.23 bits per heavy atom. The summed E-state index contributed by atoms with van der Waals surface area (Å²) in [5.41, 5.74) is 2.48. The van der Waals surface area contributed by atoms with E-state index >= 15 is 0 Å². The van der Waals surface area contributed by atoms with Crippen molar-refractivity contribution in [3.63, 3.8) is 0 Å². The lowest BCUT2D eigenvalue weighted by atomic mass is 10.0. The Morgan fingerprint density at radius 3 is 2.57 bits per heavy atom. The predicted octanol–water partition coefficient (Wildman–Crippen LogP) is 5.06. The Hall–Kier alpha value is -1.96. The molecule has 0 aliphatic carbocycles. The zero-order chi connectivity index (χ0) is 21.5. The molecule has 2 N–H and O–H groups in total. The van der Waals surface area contributed by atoms with Crippen molar-refractivity contribution in [2.24, 2.45) is 0 Å². The molecule has 162 valence electrons. The van der Waals surface area contributed by atoms with Gasteiger partial charge in [-0.25, -0.2) is 4.79 Å². The van der Waals surface area contributed by atoms with E-state index in [4.69, 9.17) is 17.0 Å². The molecule has 0 spiro atoms. The van der Waals surface area contributed by atoms with Gasteiger partial charge in [-0.3, -0.25) is 0 Å². The standard InChI is InChI=1S/C23H31N3O2S2/c1-4-13-26-14-11-18(12-15-26)24-23(29)25-21-20(22(27)28-5-2)19(16(3)30-21)17-9-7-6-8-10-17/h6-10,18H,4-5,11-15H2,1-3H3,(H2,24,25,29). The van der Waals surface area contributed by atoms with E-state index in [0.717, 1.165) is 53.5 Å². The fourth-order valence-electron chi connectivity index (χ4n) is 3.92. The Labute approximate surface area is 188 Å². The van der Waals surface area contributed by atoms with Gasteiger partial charge < -0.3 is 20.3 Å². The molecule has 0 saturated carbocycles. The summed E-state index contributed by atoms with van der Waals surface area (Å²) in [6, 6.07) is 10.3. The van der Waals surface area contributed by atoms with Crippen LogP contribution in [0.1, 0.15) is 48.3 Å². The molecule has 1 fully saturated rings. The molecule has 0 radical (unpaired) electrons. The van der Waals surface area contributed by atoms with E-state index in [9.17, 15) is 4.79 Å². The van der Waals surface area contributed by atoms with Crippen LogP contribution in [0.4, 0.5) is 5.00 Å². The molecule has 1 aromatic carbocycles. The van der Waals surface area contributed by atoms with Gasteiger partial charge in [0.25, 0.3) is 0 Å². The summed E-state index contributed by atoms with van der Waals surface area (Å²) in [5.74, 6) is -0.320. The van der Waals surface area contributed by atoms with Crippen LogP contribution < -0.4 is 10.6 Å². The SMILES string of the molecule is CCCN1CCC(NC(=S)Nc2sc(C)c(-c3ccccc3)c2C(=O)OCC)CC1. The normalized spacial score (nSPS) is 15.0. The molecule has 5 nitrogen and oxygen atoms in total. The highest BCUT2D eigenvalue weighted by atomic mass is 32.1. The number of nitrogens with zero attached hydrogens (tertiary/aromatic N) is 1. The number of carbonyl (C=O) groups excluding carboxylic acids is 1. The van der Waals surface area contributed by atoms with Crippen molar-refractivity contribution in [1.29, 1.82) is 0 Å². The third-order valence-corrected chi connectivity index (χ3v) is 6.56. The van der Waals surface area contributed by atoms with Crippen LogP contribution in [0.3, 0.4) is 0 Å². The van der Waals surface area contributed by atoms with Crippen LogP contribution in [0.15, 0.2) is 30.3 Å². The first-order chi connectivity index (χ1) is 14.5. The molecule has 1 aromatic heterocycles. The summed E-state index contributed by atoms with van der Waals surface area (Å²) in [4.78, 5) is 16.4. The highest BCUT2D eigenvalue weighted by Crippen LogP contribution is 2.40. The number of hydrogen-bond acceptors (Lipinski definition) is 5. The molecule has 0 unspecified atom stereocenters. The van der Waals surface area contributed by atoms with Gasteiger partial charge >= 0.3 is 5.97 Å². The first kappa shape index (κ1) is 22.7. The summed E-state index contributed by atoms with van der Waals surface area (Å²) >= 11 is 7.14. The van der Waals surface area contributed by atoms with Gasteiger partial charge in [0.05, 0.1) is 6.61 Å². The summed E-state index contributed by atoms with van der Waals surface area (Å²) < 4.78 is 5.37. The number of carbonyl (C=O) groups is 1. The van der Waals surface area contributed by atoms with Crippen molar-refractivity contribution >= 4 is 39.6 Å². The van der Waals surface area contributed by atoms with Gasteiger partial charge in [0, 0.05) is 29.6 Å². The number of hydrogen-bond donors (Lipinski definition) is 2. The number of esters is 1. The van der Waals surface area contributed by atoms with Gasteiger partial charge in [0.15, 0.2) is 5.11 Å². The molecule has 7 heteroatoms. The van der Waals surface area contributed by atoms with Crippen LogP contribution in [0, 0.1) is 6.92 Å². The Kier molecular flexibility index (Phi) is 8.24. The highest BCUT2D eigenvalue weighted by Gasteiger charge is 2.25. The molecule has 2 heterocycles.